The fourth-order valence-corrected chi connectivity index (χ4v) is 1.02. The second kappa shape index (κ2) is 4.33. The van der Waals surface area contributed by atoms with Crippen LogP contribution in [0.4, 0.5) is 0 Å². The van der Waals surface area contributed by atoms with E-state index in [2.05, 4.69) is 0 Å². The van der Waals surface area contributed by atoms with Gasteiger partial charge in [0, 0.05) is 6.07 Å². The summed E-state index contributed by atoms with van der Waals surface area (Å²) in [5, 5.41) is 9.03. The predicted octanol–water partition coefficient (Wildman–Crippen LogP) is 1.84. The molecule has 78 valence electrons. The number of ether oxygens (including phenoxy) is 2. The summed E-state index contributed by atoms with van der Waals surface area (Å²) in [6.45, 7) is 3.63. The van der Waals surface area contributed by atoms with Crippen LogP contribution in [0.3, 0.4) is 0 Å². The lowest BCUT2D eigenvalue weighted by atomic mass is 10.1. The van der Waals surface area contributed by atoms with Crippen LogP contribution in [0.1, 0.15) is 13.8 Å². The molecular weight excluding hydrogens is 180 g/mol. The van der Waals surface area contributed by atoms with Crippen molar-refractivity contribution in [3.8, 4) is 11.5 Å². The second-order valence-electron chi connectivity index (χ2n) is 3.70. The van der Waals surface area contributed by atoms with Crippen molar-refractivity contribution < 1.29 is 14.6 Å². The van der Waals surface area contributed by atoms with E-state index in [-0.39, 0.29) is 6.61 Å². The molecule has 1 N–H and O–H groups in total. The van der Waals surface area contributed by atoms with Gasteiger partial charge >= 0.3 is 0 Å². The Morgan fingerprint density at radius 2 is 1.93 bits per heavy atom. The fourth-order valence-electron chi connectivity index (χ4n) is 1.02. The summed E-state index contributed by atoms with van der Waals surface area (Å²) in [6.07, 6.45) is 0. The lowest BCUT2D eigenvalue weighted by Crippen LogP contribution is -2.32. The van der Waals surface area contributed by atoms with Gasteiger partial charge < -0.3 is 14.6 Å². The molecule has 0 aliphatic carbocycles. The van der Waals surface area contributed by atoms with E-state index >= 15 is 0 Å². The SMILES string of the molecule is COc1cccc(OC(C)(C)CO)c1. The summed E-state index contributed by atoms with van der Waals surface area (Å²) in [6, 6.07) is 7.32. The molecule has 0 fully saturated rings. The topological polar surface area (TPSA) is 38.7 Å². The molecule has 0 aliphatic rings. The molecule has 0 saturated carbocycles. The van der Waals surface area contributed by atoms with E-state index in [0.717, 1.165) is 5.75 Å². The third-order valence-corrected chi connectivity index (χ3v) is 1.82. The van der Waals surface area contributed by atoms with E-state index in [1.807, 2.05) is 32.0 Å². The van der Waals surface area contributed by atoms with Gasteiger partial charge in [0.1, 0.15) is 17.1 Å². The Hall–Kier alpha value is -1.22. The minimum atomic E-state index is -0.563. The first kappa shape index (κ1) is 10.9. The van der Waals surface area contributed by atoms with Crippen molar-refractivity contribution in [2.75, 3.05) is 13.7 Å². The van der Waals surface area contributed by atoms with E-state index in [0.29, 0.717) is 5.75 Å². The smallest absolute Gasteiger partial charge is 0.126 e. The predicted molar refractivity (Wildman–Crippen MR) is 54.8 cm³/mol. The molecule has 0 unspecified atom stereocenters. The Balaban J connectivity index is 2.76. The summed E-state index contributed by atoms with van der Waals surface area (Å²) in [5.41, 5.74) is -0.563. The number of hydrogen-bond donors (Lipinski definition) is 1. The molecule has 0 aromatic heterocycles. The Morgan fingerprint density at radius 3 is 2.50 bits per heavy atom. The first-order chi connectivity index (χ1) is 6.57. The van der Waals surface area contributed by atoms with Crippen molar-refractivity contribution in [3.05, 3.63) is 24.3 Å². The van der Waals surface area contributed by atoms with Crippen LogP contribution < -0.4 is 9.47 Å². The summed E-state index contributed by atoms with van der Waals surface area (Å²) >= 11 is 0. The van der Waals surface area contributed by atoms with Gasteiger partial charge in [0.05, 0.1) is 13.7 Å². The van der Waals surface area contributed by atoms with Crippen molar-refractivity contribution in [2.24, 2.45) is 0 Å². The zero-order valence-electron chi connectivity index (χ0n) is 8.78. The minimum Gasteiger partial charge on any atom is -0.497 e. The number of rotatable bonds is 4. The molecular formula is C11H16O3. The summed E-state index contributed by atoms with van der Waals surface area (Å²) < 4.78 is 10.6. The summed E-state index contributed by atoms with van der Waals surface area (Å²) in [4.78, 5) is 0. The first-order valence-electron chi connectivity index (χ1n) is 4.51. The van der Waals surface area contributed by atoms with Gasteiger partial charge in [-0.1, -0.05) is 6.07 Å². The molecule has 0 amide bonds. The normalized spacial score (nSPS) is 11.1. The molecule has 3 heteroatoms. The molecule has 0 aliphatic heterocycles. The largest absolute Gasteiger partial charge is 0.497 e. The van der Waals surface area contributed by atoms with E-state index in [4.69, 9.17) is 14.6 Å². The van der Waals surface area contributed by atoms with Crippen LogP contribution in [0.5, 0.6) is 11.5 Å². The average Bonchev–Trinajstić information content (AvgIpc) is 2.17. The van der Waals surface area contributed by atoms with Crippen LogP contribution >= 0.6 is 0 Å². The zero-order chi connectivity index (χ0) is 10.6. The third-order valence-electron chi connectivity index (χ3n) is 1.82. The lowest BCUT2D eigenvalue weighted by molar-refractivity contribution is 0.0411. The monoisotopic (exact) mass is 196 g/mol. The molecule has 0 spiro atoms. The van der Waals surface area contributed by atoms with Crippen molar-refractivity contribution in [1.82, 2.24) is 0 Å². The van der Waals surface area contributed by atoms with E-state index in [1.54, 1.807) is 13.2 Å². The summed E-state index contributed by atoms with van der Waals surface area (Å²) in [7, 11) is 1.61. The molecule has 0 saturated heterocycles. The summed E-state index contributed by atoms with van der Waals surface area (Å²) in [5.74, 6) is 1.44. The maximum Gasteiger partial charge on any atom is 0.126 e. The minimum absolute atomic E-state index is 0.0236. The van der Waals surface area contributed by atoms with Crippen LogP contribution in [-0.2, 0) is 0 Å². The van der Waals surface area contributed by atoms with E-state index < -0.39 is 5.60 Å². The fraction of sp³-hybridized carbons (Fsp3) is 0.455. The Kier molecular flexibility index (Phi) is 3.36. The standard InChI is InChI=1S/C11H16O3/c1-11(2,8-12)14-10-6-4-5-9(7-10)13-3/h4-7,12H,8H2,1-3H3. The lowest BCUT2D eigenvalue weighted by Gasteiger charge is -2.23. The highest BCUT2D eigenvalue weighted by Crippen LogP contribution is 2.22. The second-order valence-corrected chi connectivity index (χ2v) is 3.70. The Morgan fingerprint density at radius 1 is 1.29 bits per heavy atom. The van der Waals surface area contributed by atoms with Gasteiger partial charge in [-0.25, -0.2) is 0 Å². The van der Waals surface area contributed by atoms with Crippen LogP contribution in [0.15, 0.2) is 24.3 Å². The first-order valence-corrected chi connectivity index (χ1v) is 4.51. The quantitative estimate of drug-likeness (QED) is 0.798. The molecule has 0 heterocycles. The van der Waals surface area contributed by atoms with Gasteiger partial charge in [-0.15, -0.1) is 0 Å². The van der Waals surface area contributed by atoms with Crippen LogP contribution in [-0.4, -0.2) is 24.4 Å². The highest BCUT2D eigenvalue weighted by molar-refractivity contribution is 5.33. The Labute approximate surface area is 84.3 Å². The number of methoxy groups -OCH3 is 1. The van der Waals surface area contributed by atoms with Crippen molar-refractivity contribution in [1.29, 1.82) is 0 Å². The molecule has 0 radical (unpaired) electrons. The van der Waals surface area contributed by atoms with Gasteiger partial charge in [-0.3, -0.25) is 0 Å². The van der Waals surface area contributed by atoms with Crippen LogP contribution in [0, 0.1) is 0 Å². The number of hydrogen-bond acceptors (Lipinski definition) is 3. The highest BCUT2D eigenvalue weighted by atomic mass is 16.5. The molecule has 1 aromatic rings. The highest BCUT2D eigenvalue weighted by Gasteiger charge is 2.18. The van der Waals surface area contributed by atoms with Gasteiger partial charge in [0.15, 0.2) is 0 Å². The molecule has 0 atom stereocenters. The van der Waals surface area contributed by atoms with Gasteiger partial charge in [0.25, 0.3) is 0 Å². The van der Waals surface area contributed by atoms with Gasteiger partial charge in [-0.2, -0.15) is 0 Å². The van der Waals surface area contributed by atoms with E-state index in [9.17, 15) is 0 Å². The molecule has 3 nitrogen and oxygen atoms in total. The number of aliphatic hydroxyl groups excluding tert-OH is 1. The van der Waals surface area contributed by atoms with Gasteiger partial charge in [-0.05, 0) is 26.0 Å². The maximum absolute atomic E-state index is 9.03. The molecule has 1 rings (SSSR count). The van der Waals surface area contributed by atoms with Crippen molar-refractivity contribution in [3.63, 3.8) is 0 Å². The Bertz CT molecular complexity index is 294. The average molecular weight is 196 g/mol. The van der Waals surface area contributed by atoms with Gasteiger partial charge in [0.2, 0.25) is 0 Å². The van der Waals surface area contributed by atoms with Crippen LogP contribution in [0.25, 0.3) is 0 Å². The molecule has 0 bridgehead atoms. The zero-order valence-corrected chi connectivity index (χ0v) is 8.78. The number of benzene rings is 1. The number of aliphatic hydroxyl groups is 1. The molecule has 14 heavy (non-hydrogen) atoms. The van der Waals surface area contributed by atoms with E-state index in [1.165, 1.54) is 0 Å². The van der Waals surface area contributed by atoms with Crippen molar-refractivity contribution >= 4 is 0 Å². The molecule has 1 aromatic carbocycles. The van der Waals surface area contributed by atoms with Crippen molar-refractivity contribution in [2.45, 2.75) is 19.4 Å². The third kappa shape index (κ3) is 2.92. The maximum atomic E-state index is 9.03. The van der Waals surface area contributed by atoms with Crippen LogP contribution in [0.2, 0.25) is 0 Å².